The van der Waals surface area contributed by atoms with Crippen molar-refractivity contribution in [3.8, 4) is 0 Å². The monoisotopic (exact) mass is 264 g/mol. The van der Waals surface area contributed by atoms with Crippen LogP contribution in [-0.2, 0) is 17.5 Å². The Morgan fingerprint density at radius 3 is 2.75 bits per heavy atom. The second kappa shape index (κ2) is 4.97. The number of rotatable bonds is 2. The van der Waals surface area contributed by atoms with Crippen LogP contribution in [0.2, 0.25) is 0 Å². The summed E-state index contributed by atoms with van der Waals surface area (Å²) in [7, 11) is 0.811. The van der Waals surface area contributed by atoms with Crippen LogP contribution in [-0.4, -0.2) is 24.1 Å². The molecule has 0 unspecified atom stereocenters. The van der Waals surface area contributed by atoms with Crippen molar-refractivity contribution < 1.29 is 14.7 Å². The first-order valence-electron chi connectivity index (χ1n) is 6.61. The molecule has 0 aromatic heterocycles. The molecule has 0 atom stereocenters. The lowest BCUT2D eigenvalue weighted by Crippen LogP contribution is -2.22. The molecule has 2 aromatic rings. The fourth-order valence-electron chi connectivity index (χ4n) is 2.71. The van der Waals surface area contributed by atoms with Crippen LogP contribution < -0.4 is 5.46 Å². The Morgan fingerprint density at radius 1 is 1.15 bits per heavy atom. The van der Waals surface area contributed by atoms with Crippen molar-refractivity contribution in [1.82, 2.24) is 0 Å². The minimum Gasteiger partial charge on any atom is -0.481 e. The van der Waals surface area contributed by atoms with Gasteiger partial charge in [-0.3, -0.25) is 9.59 Å². The van der Waals surface area contributed by atoms with Crippen molar-refractivity contribution in [2.45, 2.75) is 12.7 Å². The van der Waals surface area contributed by atoms with Crippen molar-refractivity contribution in [1.29, 1.82) is 0 Å². The number of benzene rings is 2. The molecule has 0 bridgehead atoms. The molecule has 1 heterocycles. The zero-order chi connectivity index (χ0) is 14.1. The van der Waals surface area contributed by atoms with E-state index >= 15 is 0 Å². The molecular weight excluding hydrogens is 251 g/mol. The molecular formula is C16H13BO3. The zero-order valence-electron chi connectivity index (χ0n) is 10.9. The molecule has 0 spiro atoms. The van der Waals surface area contributed by atoms with Gasteiger partial charge in [-0.2, -0.15) is 0 Å². The normalized spacial score (nSPS) is 12.9. The summed E-state index contributed by atoms with van der Waals surface area (Å²) in [4.78, 5) is 23.4. The van der Waals surface area contributed by atoms with Crippen molar-refractivity contribution >= 4 is 24.5 Å². The van der Waals surface area contributed by atoms with Gasteiger partial charge >= 0.3 is 5.97 Å². The van der Waals surface area contributed by atoms with Gasteiger partial charge in [0.15, 0.2) is 13.1 Å². The number of hydrogen-bond donors (Lipinski definition) is 1. The summed E-state index contributed by atoms with van der Waals surface area (Å²) in [6.07, 6.45) is 0.787. The smallest absolute Gasteiger partial charge is 0.307 e. The molecule has 0 radical (unpaired) electrons. The predicted octanol–water partition coefficient (Wildman–Crippen LogP) is 1.12. The molecule has 0 fully saturated rings. The van der Waals surface area contributed by atoms with Crippen molar-refractivity contribution in [3.05, 3.63) is 64.7 Å². The highest BCUT2D eigenvalue weighted by Gasteiger charge is 2.21. The fraction of sp³-hybridized carbons (Fsp3) is 0.125. The van der Waals surface area contributed by atoms with Gasteiger partial charge in [-0.05, 0) is 23.5 Å². The number of hydrogen-bond acceptors (Lipinski definition) is 2. The molecule has 1 aliphatic rings. The summed E-state index contributed by atoms with van der Waals surface area (Å²) in [6.45, 7) is 0. The van der Waals surface area contributed by atoms with E-state index in [9.17, 15) is 9.59 Å². The third-order valence-electron chi connectivity index (χ3n) is 3.70. The van der Waals surface area contributed by atoms with Crippen LogP contribution in [0.15, 0.2) is 42.5 Å². The van der Waals surface area contributed by atoms with Crippen LogP contribution in [0.25, 0.3) is 0 Å². The first-order valence-corrected chi connectivity index (χ1v) is 6.61. The molecule has 1 aliphatic heterocycles. The lowest BCUT2D eigenvalue weighted by atomic mass is 9.65. The molecule has 4 heteroatoms. The molecule has 3 nitrogen and oxygen atoms in total. The number of carbonyl (C=O) groups is 2. The van der Waals surface area contributed by atoms with Crippen LogP contribution in [0, 0.1) is 0 Å². The first-order chi connectivity index (χ1) is 9.65. The first kappa shape index (κ1) is 12.7. The maximum absolute atomic E-state index is 12.6. The number of carbonyl (C=O) groups excluding carboxylic acids is 1. The van der Waals surface area contributed by atoms with E-state index in [2.05, 4.69) is 0 Å². The summed E-state index contributed by atoms with van der Waals surface area (Å²) in [5.74, 6) is -0.883. The minimum absolute atomic E-state index is 0.000314. The third kappa shape index (κ3) is 2.25. The average molecular weight is 264 g/mol. The van der Waals surface area contributed by atoms with Crippen molar-refractivity contribution in [2.75, 3.05) is 0 Å². The molecule has 0 amide bonds. The lowest BCUT2D eigenvalue weighted by molar-refractivity contribution is -0.136. The molecule has 1 N–H and O–H groups in total. The molecule has 0 saturated carbocycles. The van der Waals surface area contributed by atoms with Gasteiger partial charge in [-0.15, -0.1) is 0 Å². The van der Waals surface area contributed by atoms with Gasteiger partial charge in [0.1, 0.15) is 0 Å². The standard InChI is InChI=1S/C16H13BO3/c18-15(19)8-10-5-6-14-13(7-10)16(20)12-4-2-1-3-11(12)9-17-14/h1-7,17H,8-9H2,(H,18,19). The van der Waals surface area contributed by atoms with E-state index in [1.54, 1.807) is 12.1 Å². The number of carboxylic acids is 1. The third-order valence-corrected chi connectivity index (χ3v) is 3.70. The van der Waals surface area contributed by atoms with Gasteiger partial charge in [0.2, 0.25) is 0 Å². The summed E-state index contributed by atoms with van der Waals surface area (Å²) in [5, 5.41) is 8.87. The SMILES string of the molecule is O=C(O)Cc1ccc2c(c1)C(=O)c1ccccc1CB2. The number of ketones is 1. The number of aliphatic carboxylic acids is 1. The highest BCUT2D eigenvalue weighted by molar-refractivity contribution is 6.56. The van der Waals surface area contributed by atoms with E-state index in [0.29, 0.717) is 11.1 Å². The van der Waals surface area contributed by atoms with Gasteiger partial charge in [0.25, 0.3) is 0 Å². The van der Waals surface area contributed by atoms with Crippen molar-refractivity contribution in [3.63, 3.8) is 0 Å². The van der Waals surface area contributed by atoms with Gasteiger partial charge in [-0.25, -0.2) is 0 Å². The van der Waals surface area contributed by atoms with Gasteiger partial charge in [0.05, 0.1) is 6.42 Å². The Balaban J connectivity index is 2.08. The maximum atomic E-state index is 12.6. The van der Waals surface area contributed by atoms with Gasteiger partial charge in [0, 0.05) is 11.1 Å². The van der Waals surface area contributed by atoms with E-state index in [1.807, 2.05) is 30.3 Å². The highest BCUT2D eigenvalue weighted by Crippen LogP contribution is 2.18. The Labute approximate surface area is 117 Å². The fourth-order valence-corrected chi connectivity index (χ4v) is 2.71. The Hall–Kier alpha value is -2.36. The summed E-state index contributed by atoms with van der Waals surface area (Å²) >= 11 is 0. The topological polar surface area (TPSA) is 54.4 Å². The quantitative estimate of drug-likeness (QED) is 0.827. The summed E-state index contributed by atoms with van der Waals surface area (Å²) in [5.41, 5.74) is 4.12. The second-order valence-corrected chi connectivity index (χ2v) is 5.05. The average Bonchev–Trinajstić information content (AvgIpc) is 2.57. The van der Waals surface area contributed by atoms with E-state index < -0.39 is 5.97 Å². The van der Waals surface area contributed by atoms with Crippen LogP contribution in [0.4, 0.5) is 0 Å². The molecule has 0 saturated heterocycles. The molecule has 2 aromatic carbocycles. The molecule has 3 rings (SSSR count). The second-order valence-electron chi connectivity index (χ2n) is 5.05. The largest absolute Gasteiger partial charge is 0.481 e. The van der Waals surface area contributed by atoms with Crippen LogP contribution >= 0.6 is 0 Å². The zero-order valence-corrected chi connectivity index (χ0v) is 10.9. The Kier molecular flexibility index (Phi) is 3.14. The highest BCUT2D eigenvalue weighted by atomic mass is 16.4. The summed E-state index contributed by atoms with van der Waals surface area (Å²) < 4.78 is 0. The van der Waals surface area contributed by atoms with Gasteiger partial charge < -0.3 is 5.11 Å². The molecule has 0 aliphatic carbocycles. The van der Waals surface area contributed by atoms with E-state index in [0.717, 1.165) is 30.2 Å². The molecule has 20 heavy (non-hydrogen) atoms. The van der Waals surface area contributed by atoms with E-state index in [-0.39, 0.29) is 12.2 Å². The lowest BCUT2D eigenvalue weighted by Gasteiger charge is -2.07. The van der Waals surface area contributed by atoms with Crippen molar-refractivity contribution in [2.24, 2.45) is 0 Å². The van der Waals surface area contributed by atoms with Crippen LogP contribution in [0.3, 0.4) is 0 Å². The minimum atomic E-state index is -0.883. The van der Waals surface area contributed by atoms with Crippen LogP contribution in [0.1, 0.15) is 27.0 Å². The maximum Gasteiger partial charge on any atom is 0.307 e. The predicted molar refractivity (Wildman–Crippen MR) is 78.1 cm³/mol. The van der Waals surface area contributed by atoms with E-state index in [4.69, 9.17) is 5.11 Å². The Morgan fingerprint density at radius 2 is 1.95 bits per heavy atom. The van der Waals surface area contributed by atoms with E-state index in [1.165, 1.54) is 0 Å². The number of carboxylic acid groups (broad SMARTS) is 1. The van der Waals surface area contributed by atoms with Gasteiger partial charge in [-0.1, -0.05) is 41.9 Å². The number of fused-ring (bicyclic) bond motifs is 2. The molecule has 98 valence electrons. The van der Waals surface area contributed by atoms with Crippen LogP contribution in [0.5, 0.6) is 0 Å². The summed E-state index contributed by atoms with van der Waals surface area (Å²) in [6, 6.07) is 13.1. The Bertz CT molecular complexity index is 707.